The number of amides is 2. The molecule has 0 radical (unpaired) electrons. The minimum absolute atomic E-state index is 0.0553. The van der Waals surface area contributed by atoms with Crippen molar-refractivity contribution in [2.24, 2.45) is 0 Å². The average Bonchev–Trinajstić information content (AvgIpc) is 3.00. The second-order valence-electron chi connectivity index (χ2n) is 8.53. The first-order valence-electron chi connectivity index (χ1n) is 11.6. The molecule has 2 aromatic rings. The number of carbonyl (C=O) groups is 1. The van der Waals surface area contributed by atoms with Crippen molar-refractivity contribution < 1.29 is 14.3 Å². The zero-order valence-electron chi connectivity index (χ0n) is 19.5. The number of benzene rings is 1. The second-order valence-corrected chi connectivity index (χ2v) is 8.97. The fraction of sp³-hybridized carbons (Fsp3) is 0.462. The molecule has 176 valence electrons. The van der Waals surface area contributed by atoms with Crippen LogP contribution in [0.1, 0.15) is 35.2 Å². The van der Waals surface area contributed by atoms with E-state index in [4.69, 9.17) is 26.1 Å². The van der Waals surface area contributed by atoms with Crippen LogP contribution >= 0.6 is 11.6 Å². The Morgan fingerprint density at radius 2 is 1.73 bits per heavy atom. The number of nitrogens with zero attached hydrogens (tertiary/aromatic N) is 3. The number of ether oxygens (including phenoxy) is 2. The van der Waals surface area contributed by atoms with Gasteiger partial charge in [0.1, 0.15) is 0 Å². The topological polar surface area (TPSA) is 54.9 Å². The van der Waals surface area contributed by atoms with Crippen LogP contribution in [0.2, 0.25) is 5.02 Å². The SMILES string of the molecule is COCCN(CCOC)C(=O)N1CCC(=C2c3ccc(Cl)cc3CCc3cccnc32)CC1. The molecule has 2 amide bonds. The molecule has 2 aliphatic rings. The molecule has 1 saturated heterocycles. The maximum Gasteiger partial charge on any atom is 0.320 e. The third kappa shape index (κ3) is 5.40. The fourth-order valence-electron chi connectivity index (χ4n) is 4.76. The Labute approximate surface area is 201 Å². The molecule has 0 unspecified atom stereocenters. The van der Waals surface area contributed by atoms with Gasteiger partial charge in [0.15, 0.2) is 0 Å². The molecular weight excluding hydrogens is 438 g/mol. The fourth-order valence-corrected chi connectivity index (χ4v) is 4.95. The number of aromatic nitrogens is 1. The smallest absolute Gasteiger partial charge is 0.320 e. The van der Waals surface area contributed by atoms with E-state index in [1.54, 1.807) is 14.2 Å². The zero-order chi connectivity index (χ0) is 23.2. The summed E-state index contributed by atoms with van der Waals surface area (Å²) in [4.78, 5) is 21.8. The predicted octanol–water partition coefficient (Wildman–Crippen LogP) is 4.45. The number of aryl methyl sites for hydroxylation is 2. The molecular formula is C26H32ClN3O3. The molecule has 0 atom stereocenters. The molecule has 1 aromatic heterocycles. The highest BCUT2D eigenvalue weighted by molar-refractivity contribution is 6.30. The number of urea groups is 1. The average molecular weight is 470 g/mol. The molecule has 33 heavy (non-hydrogen) atoms. The highest BCUT2D eigenvalue weighted by Gasteiger charge is 2.28. The van der Waals surface area contributed by atoms with Gasteiger partial charge in [-0.1, -0.05) is 29.3 Å². The number of likely N-dealkylation sites (tertiary alicyclic amines) is 1. The molecule has 1 aromatic carbocycles. The third-order valence-corrected chi connectivity index (χ3v) is 6.76. The van der Waals surface area contributed by atoms with Gasteiger partial charge < -0.3 is 19.3 Å². The first-order chi connectivity index (χ1) is 16.1. The van der Waals surface area contributed by atoms with Gasteiger partial charge >= 0.3 is 6.03 Å². The molecule has 1 aliphatic carbocycles. The maximum absolute atomic E-state index is 13.2. The van der Waals surface area contributed by atoms with Gasteiger partial charge in [-0.2, -0.15) is 0 Å². The number of piperidine rings is 1. The van der Waals surface area contributed by atoms with E-state index in [1.165, 1.54) is 27.8 Å². The number of rotatable bonds is 6. The van der Waals surface area contributed by atoms with Gasteiger partial charge in [-0.3, -0.25) is 4.98 Å². The Morgan fingerprint density at radius 1 is 1.03 bits per heavy atom. The van der Waals surface area contributed by atoms with Gasteiger partial charge in [0, 0.05) is 57.2 Å². The summed E-state index contributed by atoms with van der Waals surface area (Å²) in [5.74, 6) is 0. The van der Waals surface area contributed by atoms with E-state index in [2.05, 4.69) is 18.2 Å². The van der Waals surface area contributed by atoms with E-state index in [1.807, 2.05) is 28.1 Å². The molecule has 0 bridgehead atoms. The van der Waals surface area contributed by atoms with Crippen molar-refractivity contribution in [1.29, 1.82) is 0 Å². The van der Waals surface area contributed by atoms with Crippen molar-refractivity contribution in [3.63, 3.8) is 0 Å². The first-order valence-corrected chi connectivity index (χ1v) is 12.0. The van der Waals surface area contributed by atoms with Crippen LogP contribution in [0.5, 0.6) is 0 Å². The summed E-state index contributed by atoms with van der Waals surface area (Å²) in [6.07, 6.45) is 5.45. The van der Waals surface area contributed by atoms with Crippen molar-refractivity contribution in [1.82, 2.24) is 14.8 Å². The Morgan fingerprint density at radius 3 is 2.42 bits per heavy atom. The Bertz CT molecular complexity index is 1010. The van der Waals surface area contributed by atoms with Crippen LogP contribution in [0.25, 0.3) is 5.57 Å². The van der Waals surface area contributed by atoms with Crippen molar-refractivity contribution >= 4 is 23.2 Å². The van der Waals surface area contributed by atoms with Gasteiger partial charge in [0.2, 0.25) is 0 Å². The Balaban J connectivity index is 1.60. The zero-order valence-corrected chi connectivity index (χ0v) is 20.2. The number of pyridine rings is 1. The van der Waals surface area contributed by atoms with Crippen LogP contribution in [0.4, 0.5) is 4.79 Å². The summed E-state index contributed by atoms with van der Waals surface area (Å²) < 4.78 is 10.4. The van der Waals surface area contributed by atoms with E-state index >= 15 is 0 Å². The van der Waals surface area contributed by atoms with Crippen molar-refractivity contribution in [2.75, 3.05) is 53.6 Å². The summed E-state index contributed by atoms with van der Waals surface area (Å²) in [7, 11) is 3.31. The van der Waals surface area contributed by atoms with Crippen molar-refractivity contribution in [3.8, 4) is 0 Å². The van der Waals surface area contributed by atoms with Gasteiger partial charge in [-0.05, 0) is 60.6 Å². The number of carbonyl (C=O) groups excluding carboxylic acids is 1. The number of hydrogen-bond donors (Lipinski definition) is 0. The standard InChI is InChI=1S/C26H32ClN3O3/c1-32-16-14-30(15-17-33-2)26(31)29-12-9-19(10-13-29)24-23-8-7-22(27)18-21(23)6-5-20-4-3-11-28-25(20)24/h3-4,7-8,11,18H,5-6,9-10,12-17H2,1-2H3. The van der Waals surface area contributed by atoms with Gasteiger partial charge in [0.25, 0.3) is 0 Å². The summed E-state index contributed by atoms with van der Waals surface area (Å²) in [6.45, 7) is 3.54. The van der Waals surface area contributed by atoms with Crippen LogP contribution < -0.4 is 0 Å². The lowest BCUT2D eigenvalue weighted by molar-refractivity contribution is 0.102. The summed E-state index contributed by atoms with van der Waals surface area (Å²) in [6, 6.07) is 10.4. The number of halogens is 1. The molecule has 0 spiro atoms. The van der Waals surface area contributed by atoms with Crippen LogP contribution in [0, 0.1) is 0 Å². The van der Waals surface area contributed by atoms with Crippen LogP contribution in [-0.4, -0.2) is 74.4 Å². The van der Waals surface area contributed by atoms with Crippen LogP contribution in [0.15, 0.2) is 42.1 Å². The maximum atomic E-state index is 13.2. The minimum Gasteiger partial charge on any atom is -0.383 e. The lowest BCUT2D eigenvalue weighted by Gasteiger charge is -2.34. The summed E-state index contributed by atoms with van der Waals surface area (Å²) in [5.41, 5.74) is 7.45. The highest BCUT2D eigenvalue weighted by Crippen LogP contribution is 2.38. The quantitative estimate of drug-likeness (QED) is 0.627. The normalized spacial score (nSPS) is 15.7. The van der Waals surface area contributed by atoms with Crippen molar-refractivity contribution in [3.05, 3.63) is 69.5 Å². The molecule has 0 N–H and O–H groups in total. The lowest BCUT2D eigenvalue weighted by Crippen LogP contribution is -2.48. The van der Waals surface area contributed by atoms with E-state index in [0.717, 1.165) is 36.4 Å². The van der Waals surface area contributed by atoms with Crippen LogP contribution in [-0.2, 0) is 22.3 Å². The molecule has 6 nitrogen and oxygen atoms in total. The lowest BCUT2D eigenvalue weighted by atomic mass is 9.88. The number of methoxy groups -OCH3 is 2. The summed E-state index contributed by atoms with van der Waals surface area (Å²) in [5, 5.41) is 0.768. The largest absolute Gasteiger partial charge is 0.383 e. The predicted molar refractivity (Wildman–Crippen MR) is 131 cm³/mol. The van der Waals surface area contributed by atoms with E-state index < -0.39 is 0 Å². The monoisotopic (exact) mass is 469 g/mol. The molecule has 1 aliphatic heterocycles. The van der Waals surface area contributed by atoms with Gasteiger partial charge in [0.05, 0.1) is 18.9 Å². The van der Waals surface area contributed by atoms with Gasteiger partial charge in [-0.25, -0.2) is 4.79 Å². The van der Waals surface area contributed by atoms with E-state index in [9.17, 15) is 4.79 Å². The Kier molecular flexibility index (Phi) is 8.02. The number of fused-ring (bicyclic) bond motifs is 2. The van der Waals surface area contributed by atoms with E-state index in [-0.39, 0.29) is 6.03 Å². The highest BCUT2D eigenvalue weighted by atomic mass is 35.5. The van der Waals surface area contributed by atoms with Crippen molar-refractivity contribution in [2.45, 2.75) is 25.7 Å². The molecule has 4 rings (SSSR count). The second kappa shape index (κ2) is 11.1. The third-order valence-electron chi connectivity index (χ3n) is 6.52. The first kappa shape index (κ1) is 23.7. The Hall–Kier alpha value is -2.41. The number of hydrogen-bond acceptors (Lipinski definition) is 4. The summed E-state index contributed by atoms with van der Waals surface area (Å²) >= 11 is 6.33. The van der Waals surface area contributed by atoms with Crippen LogP contribution in [0.3, 0.4) is 0 Å². The molecule has 7 heteroatoms. The van der Waals surface area contributed by atoms with Gasteiger partial charge in [-0.15, -0.1) is 0 Å². The van der Waals surface area contributed by atoms with E-state index in [0.29, 0.717) is 39.4 Å². The molecule has 1 fully saturated rings. The molecule has 0 saturated carbocycles. The molecule has 2 heterocycles. The minimum atomic E-state index is 0.0553.